The molecule has 0 saturated heterocycles. The van der Waals surface area contributed by atoms with Crippen molar-refractivity contribution in [2.45, 2.75) is 6.29 Å². The molecular formula is C19H35N3O10. The summed E-state index contributed by atoms with van der Waals surface area (Å²) >= 11 is 0. The van der Waals surface area contributed by atoms with Gasteiger partial charge in [0.05, 0.1) is 54.6 Å². The third kappa shape index (κ3) is 13.9. The quantitative estimate of drug-likeness (QED) is 0.138. The SMILES string of the molecule is COC(=O)CN(CCN(CC(=O)OC)CC(=O)OC)CCN(CC(=O)OC)CC(O)OC. The summed E-state index contributed by atoms with van der Waals surface area (Å²) < 4.78 is 23.5. The first-order valence-corrected chi connectivity index (χ1v) is 9.84. The Balaban J connectivity index is 5.16. The van der Waals surface area contributed by atoms with Crippen LogP contribution in [-0.4, -0.2) is 144 Å². The molecule has 1 atom stereocenters. The van der Waals surface area contributed by atoms with Gasteiger partial charge in [0.2, 0.25) is 0 Å². The number of carbonyl (C=O) groups excluding carboxylic acids is 4. The zero-order valence-electron chi connectivity index (χ0n) is 19.4. The highest BCUT2D eigenvalue weighted by Gasteiger charge is 2.20. The second kappa shape index (κ2) is 17.3. The van der Waals surface area contributed by atoms with Crippen LogP contribution in [0.5, 0.6) is 0 Å². The van der Waals surface area contributed by atoms with Gasteiger partial charge in [-0.15, -0.1) is 0 Å². The molecule has 0 saturated carbocycles. The molecule has 0 radical (unpaired) electrons. The first-order chi connectivity index (χ1) is 15.2. The number of rotatable bonds is 17. The van der Waals surface area contributed by atoms with Crippen LogP contribution in [0.4, 0.5) is 0 Å². The van der Waals surface area contributed by atoms with E-state index in [1.165, 1.54) is 40.4 Å². The smallest absolute Gasteiger partial charge is 0.319 e. The van der Waals surface area contributed by atoms with E-state index >= 15 is 0 Å². The van der Waals surface area contributed by atoms with Gasteiger partial charge in [-0.1, -0.05) is 0 Å². The first kappa shape index (κ1) is 29.7. The average molecular weight is 466 g/mol. The van der Waals surface area contributed by atoms with Gasteiger partial charge in [-0.3, -0.25) is 33.9 Å². The molecule has 0 fully saturated rings. The minimum Gasteiger partial charge on any atom is -0.468 e. The van der Waals surface area contributed by atoms with Crippen molar-refractivity contribution >= 4 is 23.9 Å². The van der Waals surface area contributed by atoms with Crippen molar-refractivity contribution < 1.29 is 48.0 Å². The van der Waals surface area contributed by atoms with Crippen molar-refractivity contribution in [3.05, 3.63) is 0 Å². The predicted molar refractivity (Wildman–Crippen MR) is 110 cm³/mol. The van der Waals surface area contributed by atoms with Crippen molar-refractivity contribution in [1.29, 1.82) is 0 Å². The van der Waals surface area contributed by atoms with Crippen LogP contribution >= 0.6 is 0 Å². The molecule has 0 aromatic rings. The molecule has 0 bridgehead atoms. The molecule has 186 valence electrons. The van der Waals surface area contributed by atoms with Crippen LogP contribution in [0.2, 0.25) is 0 Å². The number of methoxy groups -OCH3 is 5. The topological polar surface area (TPSA) is 144 Å². The molecule has 0 amide bonds. The molecule has 0 heterocycles. The fourth-order valence-corrected chi connectivity index (χ4v) is 2.57. The van der Waals surface area contributed by atoms with Crippen LogP contribution in [0.15, 0.2) is 0 Å². The van der Waals surface area contributed by atoms with E-state index in [-0.39, 0.29) is 39.3 Å². The summed E-state index contributed by atoms with van der Waals surface area (Å²) in [6.45, 7) is 0.792. The maximum absolute atomic E-state index is 11.8. The molecule has 1 unspecified atom stereocenters. The standard InChI is InChI=1S/C19H35N3O10/c1-28-15(23)10-20(6-8-21(11-16(24)29-2)12-17(25)30-3)7-9-22(13-18(26)31-4)14-19(27)32-5/h16,24H,6-14H2,1-5H3. The van der Waals surface area contributed by atoms with Crippen LogP contribution in [0.1, 0.15) is 0 Å². The summed E-state index contributed by atoms with van der Waals surface area (Å²) in [5, 5.41) is 9.76. The Morgan fingerprint density at radius 2 is 0.906 bits per heavy atom. The van der Waals surface area contributed by atoms with E-state index in [9.17, 15) is 24.3 Å². The second-order valence-electron chi connectivity index (χ2n) is 6.72. The maximum Gasteiger partial charge on any atom is 0.319 e. The van der Waals surface area contributed by atoms with E-state index in [1.807, 2.05) is 0 Å². The molecule has 0 aliphatic carbocycles. The number of esters is 4. The van der Waals surface area contributed by atoms with Crippen LogP contribution in [-0.2, 0) is 42.9 Å². The van der Waals surface area contributed by atoms with Gasteiger partial charge in [-0.2, -0.15) is 0 Å². The van der Waals surface area contributed by atoms with Crippen molar-refractivity contribution in [3.63, 3.8) is 0 Å². The van der Waals surface area contributed by atoms with Gasteiger partial charge in [0.15, 0.2) is 6.29 Å². The Morgan fingerprint density at radius 3 is 1.28 bits per heavy atom. The van der Waals surface area contributed by atoms with E-state index in [4.69, 9.17) is 9.47 Å². The number of aliphatic hydroxyl groups excluding tert-OH is 1. The summed E-state index contributed by atoms with van der Waals surface area (Å²) in [6.07, 6.45) is -1.11. The Bertz CT molecular complexity index is 572. The van der Waals surface area contributed by atoms with Crippen molar-refractivity contribution in [3.8, 4) is 0 Å². The maximum atomic E-state index is 11.8. The lowest BCUT2D eigenvalue weighted by atomic mass is 10.3. The highest BCUT2D eigenvalue weighted by Crippen LogP contribution is 2.00. The molecule has 0 aliphatic heterocycles. The van der Waals surface area contributed by atoms with Gasteiger partial charge >= 0.3 is 23.9 Å². The molecule has 0 aliphatic rings. The van der Waals surface area contributed by atoms with Crippen molar-refractivity contribution in [2.75, 3.05) is 94.5 Å². The normalized spacial score (nSPS) is 12.0. The monoisotopic (exact) mass is 465 g/mol. The summed E-state index contributed by atoms with van der Waals surface area (Å²) in [6, 6.07) is 0. The largest absolute Gasteiger partial charge is 0.468 e. The number of aliphatic hydroxyl groups is 1. The molecule has 0 aromatic heterocycles. The van der Waals surface area contributed by atoms with Gasteiger partial charge in [-0.05, 0) is 0 Å². The lowest BCUT2D eigenvalue weighted by Gasteiger charge is -2.29. The zero-order valence-corrected chi connectivity index (χ0v) is 19.4. The Labute approximate surface area is 188 Å². The van der Waals surface area contributed by atoms with Gasteiger partial charge < -0.3 is 28.8 Å². The summed E-state index contributed by atoms with van der Waals surface area (Å²) in [7, 11) is 6.34. The highest BCUT2D eigenvalue weighted by molar-refractivity contribution is 5.75. The lowest BCUT2D eigenvalue weighted by molar-refractivity contribution is -0.146. The average Bonchev–Trinajstić information content (AvgIpc) is 2.79. The van der Waals surface area contributed by atoms with E-state index < -0.39 is 30.2 Å². The van der Waals surface area contributed by atoms with E-state index in [2.05, 4.69) is 14.2 Å². The predicted octanol–water partition coefficient (Wildman–Crippen LogP) is -2.45. The molecule has 13 heteroatoms. The Morgan fingerprint density at radius 1 is 0.594 bits per heavy atom. The minimum absolute atomic E-state index is 0.0501. The van der Waals surface area contributed by atoms with Gasteiger partial charge in [0.25, 0.3) is 0 Å². The fourth-order valence-electron chi connectivity index (χ4n) is 2.57. The van der Waals surface area contributed by atoms with Crippen molar-refractivity contribution in [2.24, 2.45) is 0 Å². The van der Waals surface area contributed by atoms with Crippen LogP contribution in [0, 0.1) is 0 Å². The van der Waals surface area contributed by atoms with Crippen LogP contribution < -0.4 is 0 Å². The van der Waals surface area contributed by atoms with Gasteiger partial charge in [-0.25, -0.2) is 0 Å². The van der Waals surface area contributed by atoms with Crippen LogP contribution in [0.3, 0.4) is 0 Å². The summed E-state index contributed by atoms with van der Waals surface area (Å²) in [5.74, 6) is -2.01. The minimum atomic E-state index is -1.11. The van der Waals surface area contributed by atoms with E-state index in [0.29, 0.717) is 19.6 Å². The molecule has 13 nitrogen and oxygen atoms in total. The van der Waals surface area contributed by atoms with E-state index in [0.717, 1.165) is 0 Å². The molecule has 1 N–H and O–H groups in total. The number of hydrogen-bond acceptors (Lipinski definition) is 13. The fraction of sp³-hybridized carbons (Fsp3) is 0.789. The number of ether oxygens (including phenoxy) is 5. The van der Waals surface area contributed by atoms with Crippen LogP contribution in [0.25, 0.3) is 0 Å². The first-order valence-electron chi connectivity index (χ1n) is 9.84. The molecular weight excluding hydrogens is 430 g/mol. The lowest BCUT2D eigenvalue weighted by Crippen LogP contribution is -2.46. The number of hydrogen-bond donors (Lipinski definition) is 1. The van der Waals surface area contributed by atoms with E-state index in [1.54, 1.807) is 9.80 Å². The van der Waals surface area contributed by atoms with Gasteiger partial charge in [0, 0.05) is 39.8 Å². The summed E-state index contributed by atoms with van der Waals surface area (Å²) in [4.78, 5) is 51.7. The highest BCUT2D eigenvalue weighted by atomic mass is 16.6. The molecule has 0 rings (SSSR count). The molecule has 0 aromatic carbocycles. The number of carbonyl (C=O) groups is 4. The Hall–Kier alpha value is -2.32. The molecule has 0 spiro atoms. The summed E-state index contributed by atoms with van der Waals surface area (Å²) in [5.41, 5.74) is 0. The number of nitrogens with zero attached hydrogens (tertiary/aromatic N) is 3. The third-order valence-corrected chi connectivity index (χ3v) is 4.47. The van der Waals surface area contributed by atoms with Gasteiger partial charge in [0.1, 0.15) is 0 Å². The second-order valence-corrected chi connectivity index (χ2v) is 6.72. The molecule has 32 heavy (non-hydrogen) atoms. The zero-order chi connectivity index (χ0) is 24.5. The third-order valence-electron chi connectivity index (χ3n) is 4.47. The van der Waals surface area contributed by atoms with Crippen molar-refractivity contribution in [1.82, 2.24) is 14.7 Å². The Kier molecular flexibility index (Phi) is 16.0.